The van der Waals surface area contributed by atoms with Crippen LogP contribution in [0.2, 0.25) is 5.02 Å². The van der Waals surface area contributed by atoms with Crippen LogP contribution < -0.4 is 5.32 Å². The summed E-state index contributed by atoms with van der Waals surface area (Å²) in [7, 11) is -3.71. The van der Waals surface area contributed by atoms with Gasteiger partial charge in [0, 0.05) is 26.2 Å². The quantitative estimate of drug-likeness (QED) is 0.647. The van der Waals surface area contributed by atoms with Crippen LogP contribution in [0.1, 0.15) is 18.9 Å². The Hall–Kier alpha value is -2.46. The number of urea groups is 1. The summed E-state index contributed by atoms with van der Waals surface area (Å²) >= 11 is 6.09. The minimum Gasteiger partial charge on any atom is -0.319 e. The van der Waals surface area contributed by atoms with Gasteiger partial charge in [-0.25, -0.2) is 18.1 Å². The molecule has 2 aliphatic heterocycles. The van der Waals surface area contributed by atoms with E-state index in [1.54, 1.807) is 18.2 Å². The van der Waals surface area contributed by atoms with E-state index in [1.807, 2.05) is 42.2 Å². The molecule has 3 amide bonds. The van der Waals surface area contributed by atoms with Gasteiger partial charge in [-0.1, -0.05) is 61.0 Å². The SMILES string of the molecule is CCC1(c2ccccc2)NC(=O)N(CN2CCN(S(=O)(=O)c3ccccc3Cl)CC2)C1=O. The number of piperazine rings is 1. The Labute approximate surface area is 192 Å². The summed E-state index contributed by atoms with van der Waals surface area (Å²) in [6.07, 6.45) is 0.432. The molecular formula is C22H25ClN4O4S. The van der Waals surface area contributed by atoms with E-state index in [0.29, 0.717) is 19.5 Å². The number of rotatable bonds is 6. The van der Waals surface area contributed by atoms with Crippen molar-refractivity contribution >= 4 is 33.6 Å². The van der Waals surface area contributed by atoms with E-state index in [0.717, 1.165) is 5.56 Å². The van der Waals surface area contributed by atoms with E-state index in [2.05, 4.69) is 5.32 Å². The third-order valence-corrected chi connectivity index (χ3v) is 8.50. The highest BCUT2D eigenvalue weighted by Gasteiger charge is 2.51. The first-order valence-electron chi connectivity index (χ1n) is 10.5. The minimum atomic E-state index is -3.71. The van der Waals surface area contributed by atoms with E-state index in [9.17, 15) is 18.0 Å². The van der Waals surface area contributed by atoms with Gasteiger partial charge in [0.05, 0.1) is 11.7 Å². The second kappa shape index (κ2) is 8.82. The first kappa shape index (κ1) is 22.7. The van der Waals surface area contributed by atoms with Crippen molar-refractivity contribution in [3.05, 3.63) is 65.2 Å². The van der Waals surface area contributed by atoms with Crippen molar-refractivity contribution in [2.75, 3.05) is 32.8 Å². The van der Waals surface area contributed by atoms with Crippen LogP contribution in [-0.2, 0) is 20.4 Å². The Balaban J connectivity index is 1.44. The highest BCUT2D eigenvalue weighted by Crippen LogP contribution is 2.32. The Morgan fingerprint density at radius 2 is 1.59 bits per heavy atom. The smallest absolute Gasteiger partial charge is 0.319 e. The van der Waals surface area contributed by atoms with Crippen molar-refractivity contribution in [1.82, 2.24) is 19.4 Å². The third kappa shape index (κ3) is 3.90. The van der Waals surface area contributed by atoms with Crippen molar-refractivity contribution in [1.29, 1.82) is 0 Å². The van der Waals surface area contributed by atoms with Crippen molar-refractivity contribution in [2.45, 2.75) is 23.8 Å². The Bertz CT molecular complexity index is 1120. The Morgan fingerprint density at radius 3 is 2.22 bits per heavy atom. The fourth-order valence-electron chi connectivity index (χ4n) is 4.22. The summed E-state index contributed by atoms with van der Waals surface area (Å²) in [4.78, 5) is 29.2. The molecule has 0 radical (unpaired) electrons. The van der Waals surface area contributed by atoms with E-state index < -0.39 is 21.6 Å². The summed E-state index contributed by atoms with van der Waals surface area (Å²) in [5.74, 6) is -0.290. The topological polar surface area (TPSA) is 90.0 Å². The summed E-state index contributed by atoms with van der Waals surface area (Å²) in [6.45, 7) is 3.26. The van der Waals surface area contributed by atoms with Crippen molar-refractivity contribution in [3.63, 3.8) is 0 Å². The molecule has 2 aromatic rings. The molecule has 2 heterocycles. The van der Waals surface area contributed by atoms with Crippen molar-refractivity contribution in [3.8, 4) is 0 Å². The fraction of sp³-hybridized carbons (Fsp3) is 0.364. The number of hydrogen-bond donors (Lipinski definition) is 1. The molecule has 2 aliphatic rings. The van der Waals surface area contributed by atoms with Gasteiger partial charge in [0.1, 0.15) is 10.4 Å². The van der Waals surface area contributed by atoms with Crippen LogP contribution >= 0.6 is 11.6 Å². The van der Waals surface area contributed by atoms with Gasteiger partial charge in [-0.15, -0.1) is 0 Å². The number of hydrogen-bond acceptors (Lipinski definition) is 5. The zero-order valence-corrected chi connectivity index (χ0v) is 19.3. The average Bonchev–Trinajstić information content (AvgIpc) is 3.05. The lowest BCUT2D eigenvalue weighted by atomic mass is 9.87. The lowest BCUT2D eigenvalue weighted by molar-refractivity contribution is -0.133. The molecule has 2 aromatic carbocycles. The third-order valence-electron chi connectivity index (χ3n) is 6.10. The standard InChI is InChI=1S/C22H25ClN4O4S/c1-2-22(17-8-4-3-5-9-17)20(28)27(21(29)24-22)16-25-12-14-26(15-13-25)32(30,31)19-11-7-6-10-18(19)23/h3-11H,2,12-16H2,1H3,(H,24,29). The molecule has 8 nitrogen and oxygen atoms in total. The highest BCUT2D eigenvalue weighted by molar-refractivity contribution is 7.89. The predicted molar refractivity (Wildman–Crippen MR) is 120 cm³/mol. The number of amides is 3. The lowest BCUT2D eigenvalue weighted by Gasteiger charge is -2.35. The summed E-state index contributed by atoms with van der Waals surface area (Å²) < 4.78 is 27.3. The molecule has 1 unspecified atom stereocenters. The van der Waals surface area contributed by atoms with Crippen LogP contribution in [0.4, 0.5) is 4.79 Å². The van der Waals surface area contributed by atoms with E-state index in [4.69, 9.17) is 11.6 Å². The zero-order valence-electron chi connectivity index (χ0n) is 17.7. The van der Waals surface area contributed by atoms with Crippen LogP contribution in [0.15, 0.2) is 59.5 Å². The molecule has 1 N–H and O–H groups in total. The van der Waals surface area contributed by atoms with Crippen LogP contribution in [0.5, 0.6) is 0 Å². The molecule has 10 heteroatoms. The minimum absolute atomic E-state index is 0.0832. The normalized spacial score (nSPS) is 22.9. The molecule has 0 aliphatic carbocycles. The molecule has 2 fully saturated rings. The molecule has 2 saturated heterocycles. The number of benzene rings is 2. The first-order valence-corrected chi connectivity index (χ1v) is 12.3. The summed E-state index contributed by atoms with van der Waals surface area (Å²) in [6, 6.07) is 15.1. The van der Waals surface area contributed by atoms with Gasteiger partial charge in [0.2, 0.25) is 10.0 Å². The molecule has 0 saturated carbocycles. The number of nitrogens with one attached hydrogen (secondary N) is 1. The van der Waals surface area contributed by atoms with Crippen molar-refractivity contribution in [2.24, 2.45) is 0 Å². The molecule has 4 rings (SSSR count). The summed E-state index contributed by atoms with van der Waals surface area (Å²) in [5, 5.41) is 3.06. The maximum absolute atomic E-state index is 13.3. The largest absolute Gasteiger partial charge is 0.326 e. The monoisotopic (exact) mass is 476 g/mol. The second-order valence-corrected chi connectivity index (χ2v) is 10.2. The van der Waals surface area contributed by atoms with Crippen molar-refractivity contribution < 1.29 is 18.0 Å². The van der Waals surface area contributed by atoms with Crippen LogP contribution in [0.25, 0.3) is 0 Å². The molecule has 0 spiro atoms. The van der Waals surface area contributed by atoms with Gasteiger partial charge < -0.3 is 5.32 Å². The van der Waals surface area contributed by atoms with Gasteiger partial charge in [-0.2, -0.15) is 4.31 Å². The predicted octanol–water partition coefficient (Wildman–Crippen LogP) is 2.46. The Kier molecular flexibility index (Phi) is 6.26. The van der Waals surface area contributed by atoms with Crippen LogP contribution in [-0.4, -0.2) is 67.3 Å². The van der Waals surface area contributed by atoms with Gasteiger partial charge in [-0.05, 0) is 24.1 Å². The van der Waals surface area contributed by atoms with E-state index in [-0.39, 0.29) is 35.6 Å². The lowest BCUT2D eigenvalue weighted by Crippen LogP contribution is -2.52. The number of carbonyl (C=O) groups excluding carboxylic acids is 2. The molecule has 0 bridgehead atoms. The molecule has 32 heavy (non-hydrogen) atoms. The Morgan fingerprint density at radius 1 is 0.969 bits per heavy atom. The first-order chi connectivity index (χ1) is 15.3. The zero-order chi connectivity index (χ0) is 22.9. The molecule has 0 aromatic heterocycles. The maximum Gasteiger partial charge on any atom is 0.326 e. The number of sulfonamides is 1. The van der Waals surface area contributed by atoms with Gasteiger partial charge in [-0.3, -0.25) is 9.69 Å². The molecule has 1 atom stereocenters. The van der Waals surface area contributed by atoms with Gasteiger partial charge in [0.15, 0.2) is 0 Å². The van der Waals surface area contributed by atoms with Gasteiger partial charge in [0.25, 0.3) is 5.91 Å². The van der Waals surface area contributed by atoms with Crippen LogP contribution in [0, 0.1) is 0 Å². The van der Waals surface area contributed by atoms with Crippen LogP contribution in [0.3, 0.4) is 0 Å². The number of nitrogens with zero attached hydrogens (tertiary/aromatic N) is 3. The summed E-state index contributed by atoms with van der Waals surface area (Å²) in [5.41, 5.74) is -0.327. The van der Waals surface area contributed by atoms with E-state index in [1.165, 1.54) is 15.3 Å². The highest BCUT2D eigenvalue weighted by atomic mass is 35.5. The number of halogens is 1. The maximum atomic E-state index is 13.3. The second-order valence-electron chi connectivity index (χ2n) is 7.88. The van der Waals surface area contributed by atoms with E-state index >= 15 is 0 Å². The molecule has 170 valence electrons. The molecular weight excluding hydrogens is 452 g/mol. The number of carbonyl (C=O) groups is 2. The number of imide groups is 1. The fourth-order valence-corrected chi connectivity index (χ4v) is 6.14. The average molecular weight is 477 g/mol. The van der Waals surface area contributed by atoms with Gasteiger partial charge >= 0.3 is 6.03 Å².